The van der Waals surface area contributed by atoms with Crippen LogP contribution in [0.5, 0.6) is 0 Å². The summed E-state index contributed by atoms with van der Waals surface area (Å²) in [5.74, 6) is 0.107. The molecule has 2 rings (SSSR count). The van der Waals surface area contributed by atoms with E-state index in [1.807, 2.05) is 0 Å². The van der Waals surface area contributed by atoms with E-state index >= 15 is 0 Å². The van der Waals surface area contributed by atoms with Crippen LogP contribution in [0.15, 0.2) is 0 Å². The first-order valence-corrected chi connectivity index (χ1v) is 7.56. The summed E-state index contributed by atoms with van der Waals surface area (Å²) in [5.41, 5.74) is 5.16. The third-order valence-electron chi connectivity index (χ3n) is 4.52. The summed E-state index contributed by atoms with van der Waals surface area (Å²) in [6.07, 6.45) is 10.5. The van der Waals surface area contributed by atoms with Crippen molar-refractivity contribution < 1.29 is 4.79 Å². The Morgan fingerprint density at radius 1 is 1.05 bits per heavy atom. The molecule has 0 aromatic carbocycles. The van der Waals surface area contributed by atoms with Gasteiger partial charge in [0.2, 0.25) is 0 Å². The van der Waals surface area contributed by atoms with Gasteiger partial charge in [-0.1, -0.05) is 38.5 Å². The van der Waals surface area contributed by atoms with Gasteiger partial charge >= 0.3 is 6.03 Å². The minimum absolute atomic E-state index is 0.107. The molecule has 2 aliphatic carbocycles. The van der Waals surface area contributed by atoms with Gasteiger partial charge in [0.25, 0.3) is 0 Å². The highest BCUT2D eigenvalue weighted by atomic mass is 16.2. The number of urea groups is 1. The lowest BCUT2D eigenvalue weighted by atomic mass is 9.89. The molecule has 5 heteroatoms. The van der Waals surface area contributed by atoms with E-state index in [1.165, 1.54) is 25.7 Å². The first-order chi connectivity index (χ1) is 9.12. The first-order valence-electron chi connectivity index (χ1n) is 7.56. The highest BCUT2D eigenvalue weighted by Crippen LogP contribution is 2.27. The number of nitrogens with two attached hydrogens (primary N) is 1. The summed E-state index contributed by atoms with van der Waals surface area (Å²) in [6, 6.07) is 0.152. The number of hydrogen-bond donors (Lipinski definition) is 4. The van der Waals surface area contributed by atoms with E-state index in [4.69, 9.17) is 11.1 Å². The van der Waals surface area contributed by atoms with Crippen molar-refractivity contribution in [2.45, 2.75) is 75.8 Å². The quantitative estimate of drug-likeness (QED) is 0.358. The Labute approximate surface area is 115 Å². The van der Waals surface area contributed by atoms with Crippen molar-refractivity contribution >= 4 is 11.9 Å². The molecule has 0 saturated heterocycles. The number of nitrogens with one attached hydrogen (secondary N) is 3. The molecule has 0 heterocycles. The summed E-state index contributed by atoms with van der Waals surface area (Å²) < 4.78 is 0. The molecular weight excluding hydrogens is 240 g/mol. The van der Waals surface area contributed by atoms with E-state index in [2.05, 4.69) is 10.6 Å². The van der Waals surface area contributed by atoms with Crippen LogP contribution in [0.25, 0.3) is 0 Å². The van der Waals surface area contributed by atoms with Gasteiger partial charge in [-0.15, -0.1) is 0 Å². The zero-order chi connectivity index (χ0) is 13.7. The molecule has 2 aliphatic rings. The Morgan fingerprint density at radius 3 is 2.16 bits per heavy atom. The van der Waals surface area contributed by atoms with Crippen molar-refractivity contribution in [3.8, 4) is 0 Å². The molecule has 108 valence electrons. The molecule has 0 spiro atoms. The van der Waals surface area contributed by atoms with Gasteiger partial charge in [0.15, 0.2) is 0 Å². The Hall–Kier alpha value is -1.26. The monoisotopic (exact) mass is 266 g/mol. The van der Waals surface area contributed by atoms with Crippen molar-refractivity contribution in [2.24, 2.45) is 5.73 Å². The van der Waals surface area contributed by atoms with E-state index in [9.17, 15) is 4.79 Å². The Morgan fingerprint density at radius 2 is 1.63 bits per heavy atom. The molecular formula is C14H26N4O. The molecule has 19 heavy (non-hydrogen) atoms. The average Bonchev–Trinajstić information content (AvgIpc) is 2.73. The largest absolute Gasteiger partial charge is 0.386 e. The van der Waals surface area contributed by atoms with Crippen LogP contribution in [-0.4, -0.2) is 23.4 Å². The number of hydrogen-bond acceptors (Lipinski definition) is 2. The van der Waals surface area contributed by atoms with E-state index in [0.717, 1.165) is 38.5 Å². The standard InChI is InChI=1S/C14H26N4O/c15-12(16)14(9-5-1-2-6-10-14)18-13(19)17-11-7-3-4-8-11/h11H,1-10H2,(H3,15,16)(H2,17,18,19). The maximum atomic E-state index is 12.1. The van der Waals surface area contributed by atoms with Gasteiger partial charge in [0.1, 0.15) is 5.84 Å². The fraction of sp³-hybridized carbons (Fsp3) is 0.857. The third kappa shape index (κ3) is 3.61. The van der Waals surface area contributed by atoms with E-state index in [1.54, 1.807) is 0 Å². The predicted molar refractivity (Wildman–Crippen MR) is 76.3 cm³/mol. The van der Waals surface area contributed by atoms with Crippen molar-refractivity contribution in [1.29, 1.82) is 5.41 Å². The number of carbonyl (C=O) groups is 1. The van der Waals surface area contributed by atoms with Gasteiger partial charge in [-0.25, -0.2) is 4.79 Å². The molecule has 0 atom stereocenters. The molecule has 0 aromatic heterocycles. The Bertz CT molecular complexity index is 328. The average molecular weight is 266 g/mol. The predicted octanol–water partition coefficient (Wildman–Crippen LogP) is 2.26. The van der Waals surface area contributed by atoms with Gasteiger partial charge in [0.05, 0.1) is 5.54 Å². The number of amides is 2. The van der Waals surface area contributed by atoms with Gasteiger partial charge in [-0.2, -0.15) is 0 Å². The molecule has 2 saturated carbocycles. The maximum Gasteiger partial charge on any atom is 0.315 e. The zero-order valence-corrected chi connectivity index (χ0v) is 11.6. The van der Waals surface area contributed by atoms with Gasteiger partial charge < -0.3 is 16.4 Å². The fourth-order valence-electron chi connectivity index (χ4n) is 3.30. The van der Waals surface area contributed by atoms with Crippen molar-refractivity contribution in [3.63, 3.8) is 0 Å². The van der Waals surface area contributed by atoms with Crippen LogP contribution < -0.4 is 16.4 Å². The SMILES string of the molecule is N=C(N)C1(NC(=O)NC2CCCC2)CCCCCC1. The van der Waals surface area contributed by atoms with Crippen LogP contribution in [-0.2, 0) is 0 Å². The molecule has 5 N–H and O–H groups in total. The van der Waals surface area contributed by atoms with Crippen LogP contribution in [0.1, 0.15) is 64.2 Å². The summed E-state index contributed by atoms with van der Waals surface area (Å²) in [7, 11) is 0. The summed E-state index contributed by atoms with van der Waals surface area (Å²) >= 11 is 0. The number of carbonyl (C=O) groups excluding carboxylic acids is 1. The minimum Gasteiger partial charge on any atom is -0.386 e. The number of amidine groups is 1. The maximum absolute atomic E-state index is 12.1. The molecule has 0 aromatic rings. The fourth-order valence-corrected chi connectivity index (χ4v) is 3.30. The normalized spacial score (nSPS) is 23.6. The van der Waals surface area contributed by atoms with Crippen LogP contribution in [0.2, 0.25) is 0 Å². The second-order valence-corrected chi connectivity index (χ2v) is 5.99. The van der Waals surface area contributed by atoms with Crippen LogP contribution >= 0.6 is 0 Å². The topological polar surface area (TPSA) is 91.0 Å². The lowest BCUT2D eigenvalue weighted by Crippen LogP contribution is -2.60. The van der Waals surface area contributed by atoms with Gasteiger partial charge in [0, 0.05) is 6.04 Å². The molecule has 0 bridgehead atoms. The van der Waals surface area contributed by atoms with E-state index in [0.29, 0.717) is 6.04 Å². The third-order valence-corrected chi connectivity index (χ3v) is 4.52. The summed E-state index contributed by atoms with van der Waals surface area (Å²) in [6.45, 7) is 0. The second kappa shape index (κ2) is 6.26. The number of rotatable bonds is 3. The lowest BCUT2D eigenvalue weighted by molar-refractivity contribution is 0.226. The van der Waals surface area contributed by atoms with Crippen LogP contribution in [0.4, 0.5) is 4.79 Å². The van der Waals surface area contributed by atoms with Crippen molar-refractivity contribution in [1.82, 2.24) is 10.6 Å². The second-order valence-electron chi connectivity index (χ2n) is 5.99. The minimum atomic E-state index is -0.612. The van der Waals surface area contributed by atoms with Crippen molar-refractivity contribution in [3.05, 3.63) is 0 Å². The molecule has 0 aliphatic heterocycles. The smallest absolute Gasteiger partial charge is 0.315 e. The van der Waals surface area contributed by atoms with Crippen LogP contribution in [0.3, 0.4) is 0 Å². The summed E-state index contributed by atoms with van der Waals surface area (Å²) in [5, 5.41) is 13.9. The highest BCUT2D eigenvalue weighted by molar-refractivity contribution is 5.91. The molecule has 0 unspecified atom stereocenters. The van der Waals surface area contributed by atoms with E-state index in [-0.39, 0.29) is 11.9 Å². The Balaban J connectivity index is 1.94. The van der Waals surface area contributed by atoms with Crippen molar-refractivity contribution in [2.75, 3.05) is 0 Å². The van der Waals surface area contributed by atoms with Crippen LogP contribution in [0, 0.1) is 5.41 Å². The molecule has 2 fully saturated rings. The molecule has 5 nitrogen and oxygen atoms in total. The molecule has 2 amide bonds. The van der Waals surface area contributed by atoms with Gasteiger partial charge in [-0.05, 0) is 25.7 Å². The highest BCUT2D eigenvalue weighted by Gasteiger charge is 2.36. The van der Waals surface area contributed by atoms with Gasteiger partial charge in [-0.3, -0.25) is 5.41 Å². The lowest BCUT2D eigenvalue weighted by Gasteiger charge is -2.33. The van der Waals surface area contributed by atoms with E-state index < -0.39 is 5.54 Å². The Kier molecular flexibility index (Phi) is 4.66. The zero-order valence-electron chi connectivity index (χ0n) is 11.6. The summed E-state index contributed by atoms with van der Waals surface area (Å²) in [4.78, 5) is 12.1. The first kappa shape index (κ1) is 14.2. The molecule has 0 radical (unpaired) electrons.